The Morgan fingerprint density at radius 1 is 1.24 bits per heavy atom. The lowest BCUT2D eigenvalue weighted by atomic mass is 10.1. The molecule has 0 aliphatic rings. The second-order valence-corrected chi connectivity index (χ2v) is 8.25. The summed E-state index contributed by atoms with van der Waals surface area (Å²) in [5.41, 5.74) is 1.71. The molecular formula is C19H22BrNO3S. The number of halogens is 1. The van der Waals surface area contributed by atoms with Gasteiger partial charge in [0, 0.05) is 28.2 Å². The zero-order valence-electron chi connectivity index (χ0n) is 14.8. The van der Waals surface area contributed by atoms with Crippen molar-refractivity contribution in [2.45, 2.75) is 39.7 Å². The Labute approximate surface area is 160 Å². The molecule has 0 aliphatic carbocycles. The summed E-state index contributed by atoms with van der Waals surface area (Å²) in [6.45, 7) is 5.84. The van der Waals surface area contributed by atoms with E-state index in [0.717, 1.165) is 31.1 Å². The number of Topliss-reactive ketones (excluding diaryl/α,β-unsaturated/α-hetero) is 1. The molecule has 2 aromatic rings. The lowest BCUT2D eigenvalue weighted by Gasteiger charge is -2.15. The largest absolute Gasteiger partial charge is 0.496 e. The third-order valence-corrected chi connectivity index (χ3v) is 5.56. The summed E-state index contributed by atoms with van der Waals surface area (Å²) in [7, 11) is 1.61. The van der Waals surface area contributed by atoms with Gasteiger partial charge in [-0.15, -0.1) is 11.3 Å². The molecule has 2 rings (SSSR count). The van der Waals surface area contributed by atoms with Gasteiger partial charge in [0.1, 0.15) is 5.75 Å². The molecule has 1 amide bonds. The molecule has 25 heavy (non-hydrogen) atoms. The van der Waals surface area contributed by atoms with E-state index in [4.69, 9.17) is 4.74 Å². The Morgan fingerprint density at radius 3 is 2.52 bits per heavy atom. The fraction of sp³-hybridized carbons (Fsp3) is 0.368. The van der Waals surface area contributed by atoms with Gasteiger partial charge in [0.2, 0.25) is 5.91 Å². The number of amides is 1. The minimum atomic E-state index is -0.144. The maximum atomic E-state index is 12.3. The number of rotatable bonds is 7. The molecule has 0 bridgehead atoms. The van der Waals surface area contributed by atoms with Crippen LogP contribution in [0.15, 0.2) is 28.7 Å². The van der Waals surface area contributed by atoms with Gasteiger partial charge in [-0.1, -0.05) is 6.07 Å². The Kier molecular flexibility index (Phi) is 6.79. The van der Waals surface area contributed by atoms with Gasteiger partial charge >= 0.3 is 0 Å². The maximum Gasteiger partial charge on any atom is 0.220 e. The summed E-state index contributed by atoms with van der Waals surface area (Å²) in [4.78, 5) is 26.6. The highest BCUT2D eigenvalue weighted by Crippen LogP contribution is 2.28. The van der Waals surface area contributed by atoms with Gasteiger partial charge < -0.3 is 10.1 Å². The van der Waals surface area contributed by atoms with Crippen LogP contribution in [-0.4, -0.2) is 18.8 Å². The lowest BCUT2D eigenvalue weighted by molar-refractivity contribution is -0.121. The normalized spacial score (nSPS) is 11.9. The highest BCUT2D eigenvalue weighted by molar-refractivity contribution is 9.10. The van der Waals surface area contributed by atoms with Crippen LogP contribution in [0.3, 0.4) is 0 Å². The van der Waals surface area contributed by atoms with Crippen LogP contribution in [0.25, 0.3) is 0 Å². The van der Waals surface area contributed by atoms with Gasteiger partial charge in [0.25, 0.3) is 0 Å². The number of aryl methyl sites for hydroxylation is 2. The minimum absolute atomic E-state index is 0.0249. The van der Waals surface area contributed by atoms with Crippen molar-refractivity contribution in [3.05, 3.63) is 49.6 Å². The van der Waals surface area contributed by atoms with Crippen LogP contribution in [0.5, 0.6) is 5.75 Å². The standard InChI is InChI=1S/C19H22BrNO3S/c1-11-9-15(13(3)25-11)17(22)6-8-19(23)21-12(2)14-5-7-18(24-4)16(20)10-14/h5,7,9-10,12H,6,8H2,1-4H3,(H,21,23). The monoisotopic (exact) mass is 423 g/mol. The number of ether oxygens (including phenoxy) is 1. The van der Waals surface area contributed by atoms with Crippen molar-refractivity contribution in [2.75, 3.05) is 7.11 Å². The molecule has 134 valence electrons. The van der Waals surface area contributed by atoms with Gasteiger partial charge in [-0.25, -0.2) is 0 Å². The molecule has 0 spiro atoms. The molecular weight excluding hydrogens is 402 g/mol. The molecule has 4 nitrogen and oxygen atoms in total. The first-order chi connectivity index (χ1) is 11.8. The van der Waals surface area contributed by atoms with Gasteiger partial charge in [0.05, 0.1) is 17.6 Å². The Morgan fingerprint density at radius 2 is 1.96 bits per heavy atom. The van der Waals surface area contributed by atoms with Crippen molar-refractivity contribution in [1.82, 2.24) is 5.32 Å². The van der Waals surface area contributed by atoms with E-state index in [1.165, 1.54) is 0 Å². The van der Waals surface area contributed by atoms with Crippen LogP contribution in [0.2, 0.25) is 0 Å². The lowest BCUT2D eigenvalue weighted by Crippen LogP contribution is -2.27. The summed E-state index contributed by atoms with van der Waals surface area (Å²) in [5.74, 6) is 0.642. The predicted molar refractivity (Wildman–Crippen MR) is 105 cm³/mol. The quantitative estimate of drug-likeness (QED) is 0.638. The van der Waals surface area contributed by atoms with Gasteiger partial charge in [0.15, 0.2) is 5.78 Å². The number of ketones is 1. The molecule has 1 unspecified atom stereocenters. The van der Waals surface area contributed by atoms with E-state index in [1.807, 2.05) is 45.0 Å². The van der Waals surface area contributed by atoms with Gasteiger partial charge in [-0.2, -0.15) is 0 Å². The smallest absolute Gasteiger partial charge is 0.220 e. The van der Waals surface area contributed by atoms with Crippen LogP contribution in [0.1, 0.15) is 51.5 Å². The first kappa shape index (κ1) is 19.7. The van der Waals surface area contributed by atoms with Crippen LogP contribution in [0.4, 0.5) is 0 Å². The number of benzene rings is 1. The van der Waals surface area contributed by atoms with E-state index in [2.05, 4.69) is 21.2 Å². The number of carbonyl (C=O) groups is 2. The highest BCUT2D eigenvalue weighted by atomic mass is 79.9. The molecule has 0 saturated carbocycles. The number of nitrogens with one attached hydrogen (secondary N) is 1. The van der Waals surface area contributed by atoms with Crippen molar-refractivity contribution in [3.63, 3.8) is 0 Å². The molecule has 1 aromatic carbocycles. The van der Waals surface area contributed by atoms with Crippen molar-refractivity contribution >= 4 is 39.0 Å². The van der Waals surface area contributed by atoms with E-state index in [1.54, 1.807) is 18.4 Å². The Bertz CT molecular complexity index is 785. The number of hydrogen-bond acceptors (Lipinski definition) is 4. The average molecular weight is 424 g/mol. The minimum Gasteiger partial charge on any atom is -0.496 e. The van der Waals surface area contributed by atoms with E-state index < -0.39 is 0 Å². The van der Waals surface area contributed by atoms with Crippen LogP contribution < -0.4 is 10.1 Å². The summed E-state index contributed by atoms with van der Waals surface area (Å²) < 4.78 is 6.05. The van der Waals surface area contributed by atoms with E-state index >= 15 is 0 Å². The Hall–Kier alpha value is -1.66. The molecule has 0 aliphatic heterocycles. The van der Waals surface area contributed by atoms with Crippen LogP contribution in [0, 0.1) is 13.8 Å². The average Bonchev–Trinajstić information content (AvgIpc) is 2.91. The molecule has 1 heterocycles. The fourth-order valence-electron chi connectivity index (χ4n) is 2.62. The summed E-state index contributed by atoms with van der Waals surface area (Å²) in [6, 6.07) is 7.45. The van der Waals surface area contributed by atoms with Crippen molar-refractivity contribution in [2.24, 2.45) is 0 Å². The third kappa shape index (κ3) is 5.16. The zero-order chi connectivity index (χ0) is 18.6. The third-order valence-electron chi connectivity index (χ3n) is 3.97. The molecule has 1 aromatic heterocycles. The number of hydrogen-bond donors (Lipinski definition) is 1. The first-order valence-corrected chi connectivity index (χ1v) is 9.65. The van der Waals surface area contributed by atoms with Crippen molar-refractivity contribution < 1.29 is 14.3 Å². The van der Waals surface area contributed by atoms with Gasteiger partial charge in [-0.05, 0) is 60.5 Å². The number of thiophene rings is 1. The molecule has 0 saturated heterocycles. The number of methoxy groups -OCH3 is 1. The summed E-state index contributed by atoms with van der Waals surface area (Å²) in [5, 5.41) is 2.94. The molecule has 1 N–H and O–H groups in total. The zero-order valence-corrected chi connectivity index (χ0v) is 17.2. The molecule has 0 radical (unpaired) electrons. The second-order valence-electron chi connectivity index (χ2n) is 5.93. The van der Waals surface area contributed by atoms with E-state index in [0.29, 0.717) is 0 Å². The van der Waals surface area contributed by atoms with E-state index in [9.17, 15) is 9.59 Å². The molecule has 1 atom stereocenters. The van der Waals surface area contributed by atoms with Crippen LogP contribution in [-0.2, 0) is 4.79 Å². The predicted octanol–water partition coefficient (Wildman–Crippen LogP) is 4.98. The second kappa shape index (κ2) is 8.63. The van der Waals surface area contributed by atoms with Crippen molar-refractivity contribution in [3.8, 4) is 5.75 Å². The van der Waals surface area contributed by atoms with Gasteiger partial charge in [-0.3, -0.25) is 9.59 Å². The summed E-state index contributed by atoms with van der Waals surface area (Å²) >= 11 is 5.05. The summed E-state index contributed by atoms with van der Waals surface area (Å²) in [6.07, 6.45) is 0.413. The molecule has 6 heteroatoms. The van der Waals surface area contributed by atoms with Crippen molar-refractivity contribution in [1.29, 1.82) is 0 Å². The SMILES string of the molecule is COc1ccc(C(C)NC(=O)CCC(=O)c2cc(C)sc2C)cc1Br. The fourth-order valence-corrected chi connectivity index (χ4v) is 4.12. The number of carbonyl (C=O) groups excluding carboxylic acids is 2. The van der Waals surface area contributed by atoms with E-state index in [-0.39, 0.29) is 30.6 Å². The maximum absolute atomic E-state index is 12.3. The van der Waals surface area contributed by atoms with Crippen LogP contribution >= 0.6 is 27.3 Å². The topological polar surface area (TPSA) is 55.4 Å². The Balaban J connectivity index is 1.90. The highest BCUT2D eigenvalue weighted by Gasteiger charge is 2.16. The first-order valence-electron chi connectivity index (χ1n) is 8.05. The molecule has 0 fully saturated rings.